The Morgan fingerprint density at radius 2 is 1.26 bits per heavy atom. The minimum Gasteiger partial charge on any atom is -0.322 e. The van der Waals surface area contributed by atoms with Crippen LogP contribution in [-0.4, -0.2) is 24.9 Å². The van der Waals surface area contributed by atoms with E-state index < -0.39 is 16.1 Å². The van der Waals surface area contributed by atoms with Crippen molar-refractivity contribution in [1.82, 2.24) is 0 Å². The second kappa shape index (κ2) is 10.2. The third-order valence-corrected chi connectivity index (χ3v) is 5.96. The molecule has 4 aromatic carbocycles. The lowest BCUT2D eigenvalue weighted by Crippen LogP contribution is -2.20. The van der Waals surface area contributed by atoms with Crippen LogP contribution in [0.1, 0.15) is 10.4 Å². The Morgan fingerprint density at radius 1 is 0.629 bits per heavy atom. The molecule has 4 N–H and O–H groups in total. The second-order valence-corrected chi connectivity index (χ2v) is 8.89. The van der Waals surface area contributed by atoms with E-state index in [4.69, 9.17) is 0 Å². The lowest BCUT2D eigenvalue weighted by Gasteiger charge is -2.16. The summed E-state index contributed by atoms with van der Waals surface area (Å²) in [5.41, 5.74) is 2.05. The van der Waals surface area contributed by atoms with Gasteiger partial charge in [-0.25, -0.2) is 4.79 Å². The summed E-state index contributed by atoms with van der Waals surface area (Å²) in [6.45, 7) is 0. The lowest BCUT2D eigenvalue weighted by atomic mass is 10.0. The molecule has 0 aliphatic carbocycles. The van der Waals surface area contributed by atoms with Crippen molar-refractivity contribution in [3.63, 3.8) is 0 Å². The lowest BCUT2D eigenvalue weighted by molar-refractivity contribution is 0.102. The summed E-state index contributed by atoms with van der Waals surface area (Å²) in [5.74, 6) is -0.384. The van der Waals surface area contributed by atoms with Crippen molar-refractivity contribution in [2.24, 2.45) is 0 Å². The first kappa shape index (κ1) is 23.7. The molecule has 0 saturated heterocycles. The summed E-state index contributed by atoms with van der Waals surface area (Å²) in [4.78, 5) is 24.8. The number of nitrogens with one attached hydrogen (secondary N) is 3. The average molecular weight is 488 g/mol. The fourth-order valence-corrected chi connectivity index (χ4v) is 4.16. The average Bonchev–Trinajstić information content (AvgIpc) is 2.85. The highest BCUT2D eigenvalue weighted by atomic mass is 32.2. The molecular formula is C26H21N3O5S. The normalized spacial score (nSPS) is 10.9. The van der Waals surface area contributed by atoms with Gasteiger partial charge in [0.05, 0.1) is 5.69 Å². The maximum Gasteiger partial charge on any atom is 0.323 e. The minimum absolute atomic E-state index is 0.106. The molecule has 0 aromatic heterocycles. The number of urea groups is 1. The Balaban J connectivity index is 1.69. The van der Waals surface area contributed by atoms with Gasteiger partial charge in [-0.1, -0.05) is 54.6 Å². The summed E-state index contributed by atoms with van der Waals surface area (Å²) in [6.07, 6.45) is 0. The van der Waals surface area contributed by atoms with E-state index in [-0.39, 0.29) is 16.4 Å². The number of rotatable bonds is 6. The molecule has 8 nitrogen and oxygen atoms in total. The van der Waals surface area contributed by atoms with Gasteiger partial charge >= 0.3 is 6.03 Å². The molecule has 0 unspecified atom stereocenters. The van der Waals surface area contributed by atoms with Crippen molar-refractivity contribution in [3.05, 3.63) is 109 Å². The predicted molar refractivity (Wildman–Crippen MR) is 135 cm³/mol. The van der Waals surface area contributed by atoms with Crippen LogP contribution in [0, 0.1) is 0 Å². The van der Waals surface area contributed by atoms with E-state index >= 15 is 0 Å². The molecule has 9 heteroatoms. The first-order valence-corrected chi connectivity index (χ1v) is 12.0. The highest BCUT2D eigenvalue weighted by Crippen LogP contribution is 2.35. The third kappa shape index (κ3) is 5.91. The van der Waals surface area contributed by atoms with Crippen LogP contribution in [0.25, 0.3) is 11.1 Å². The van der Waals surface area contributed by atoms with Gasteiger partial charge < -0.3 is 16.0 Å². The fourth-order valence-electron chi connectivity index (χ4n) is 3.47. The van der Waals surface area contributed by atoms with Crippen molar-refractivity contribution < 1.29 is 22.6 Å². The van der Waals surface area contributed by atoms with Crippen molar-refractivity contribution in [2.45, 2.75) is 4.90 Å². The van der Waals surface area contributed by atoms with Crippen LogP contribution in [0.5, 0.6) is 0 Å². The van der Waals surface area contributed by atoms with Crippen LogP contribution in [0.4, 0.5) is 21.9 Å². The summed E-state index contributed by atoms with van der Waals surface area (Å²) in [6, 6.07) is 27.4. The monoisotopic (exact) mass is 487 g/mol. The Kier molecular flexibility index (Phi) is 6.91. The number of anilines is 3. The summed E-state index contributed by atoms with van der Waals surface area (Å²) < 4.78 is 34.1. The van der Waals surface area contributed by atoms with Gasteiger partial charge in [-0.15, -0.1) is 0 Å². The molecule has 0 saturated carbocycles. The van der Waals surface area contributed by atoms with Gasteiger partial charge in [-0.05, 0) is 48.5 Å². The first-order valence-electron chi connectivity index (χ1n) is 10.5. The van der Waals surface area contributed by atoms with E-state index in [1.807, 2.05) is 6.07 Å². The molecule has 0 fully saturated rings. The number of amides is 3. The van der Waals surface area contributed by atoms with Crippen LogP contribution in [-0.2, 0) is 10.1 Å². The number of carbonyl (C=O) groups excluding carboxylic acids is 2. The molecule has 3 amide bonds. The molecule has 176 valence electrons. The zero-order valence-electron chi connectivity index (χ0n) is 18.3. The summed E-state index contributed by atoms with van der Waals surface area (Å²) >= 11 is 0. The molecule has 0 aliphatic rings. The number of para-hydroxylation sites is 2. The second-order valence-electron chi connectivity index (χ2n) is 7.50. The fraction of sp³-hybridized carbons (Fsp3) is 0. The largest absolute Gasteiger partial charge is 0.323 e. The molecular weight excluding hydrogens is 466 g/mol. The van der Waals surface area contributed by atoms with Gasteiger partial charge in [0.25, 0.3) is 16.0 Å². The Labute approximate surface area is 202 Å². The molecule has 0 aliphatic heterocycles. The minimum atomic E-state index is -4.61. The van der Waals surface area contributed by atoms with Gasteiger partial charge in [0.2, 0.25) is 0 Å². The van der Waals surface area contributed by atoms with Crippen molar-refractivity contribution in [1.29, 1.82) is 0 Å². The van der Waals surface area contributed by atoms with E-state index in [0.29, 0.717) is 28.2 Å². The van der Waals surface area contributed by atoms with Crippen LogP contribution < -0.4 is 16.0 Å². The van der Waals surface area contributed by atoms with Gasteiger partial charge in [0.1, 0.15) is 4.90 Å². The molecule has 0 atom stereocenters. The van der Waals surface area contributed by atoms with Crippen LogP contribution in [0.15, 0.2) is 108 Å². The molecule has 0 bridgehead atoms. The maximum absolute atomic E-state index is 12.6. The van der Waals surface area contributed by atoms with Crippen LogP contribution >= 0.6 is 0 Å². The van der Waals surface area contributed by atoms with E-state index in [1.165, 1.54) is 18.2 Å². The Bertz CT molecular complexity index is 1470. The van der Waals surface area contributed by atoms with Gasteiger partial charge in [-0.3, -0.25) is 9.35 Å². The van der Waals surface area contributed by atoms with Crippen molar-refractivity contribution >= 4 is 39.1 Å². The molecule has 35 heavy (non-hydrogen) atoms. The predicted octanol–water partition coefficient (Wildman–Crippen LogP) is 5.50. The van der Waals surface area contributed by atoms with Crippen LogP contribution in [0.3, 0.4) is 0 Å². The SMILES string of the molecule is O=C(Nc1ccccc1)Nc1ccccc1-c1cc(NC(=O)c2ccccc2)ccc1S(=O)(=O)O. The highest BCUT2D eigenvalue weighted by Gasteiger charge is 2.20. The molecule has 0 radical (unpaired) electrons. The Morgan fingerprint density at radius 3 is 1.94 bits per heavy atom. The Hall–Kier alpha value is -4.47. The topological polar surface area (TPSA) is 125 Å². The first-order chi connectivity index (χ1) is 16.8. The highest BCUT2D eigenvalue weighted by molar-refractivity contribution is 7.86. The van der Waals surface area contributed by atoms with Crippen molar-refractivity contribution in [3.8, 4) is 11.1 Å². The van der Waals surface area contributed by atoms with E-state index in [1.54, 1.807) is 78.9 Å². The van der Waals surface area contributed by atoms with E-state index in [9.17, 15) is 22.6 Å². The van der Waals surface area contributed by atoms with Gasteiger partial charge in [-0.2, -0.15) is 8.42 Å². The summed E-state index contributed by atoms with van der Waals surface area (Å²) in [5, 5.41) is 8.13. The smallest absolute Gasteiger partial charge is 0.322 e. The summed E-state index contributed by atoms with van der Waals surface area (Å²) in [7, 11) is -4.61. The molecule has 4 rings (SSSR count). The van der Waals surface area contributed by atoms with E-state index in [2.05, 4.69) is 16.0 Å². The van der Waals surface area contributed by atoms with Gasteiger partial charge in [0.15, 0.2) is 0 Å². The quantitative estimate of drug-likeness (QED) is 0.268. The molecule has 4 aromatic rings. The van der Waals surface area contributed by atoms with Crippen molar-refractivity contribution in [2.75, 3.05) is 16.0 Å². The standard InChI is InChI=1S/C26H21N3O5S/c30-25(18-9-3-1-4-10-18)27-20-15-16-24(35(32,33)34)22(17-20)21-13-7-8-14-23(21)29-26(31)28-19-11-5-2-6-12-19/h1-17H,(H,27,30)(H2,28,29,31)(H,32,33,34). The third-order valence-electron chi connectivity index (χ3n) is 5.05. The number of carbonyl (C=O) groups is 2. The van der Waals surface area contributed by atoms with Gasteiger partial charge in [0, 0.05) is 28.1 Å². The van der Waals surface area contributed by atoms with Crippen LogP contribution in [0.2, 0.25) is 0 Å². The molecule has 0 spiro atoms. The maximum atomic E-state index is 12.6. The number of hydrogen-bond donors (Lipinski definition) is 4. The number of benzene rings is 4. The zero-order valence-corrected chi connectivity index (χ0v) is 19.1. The number of hydrogen-bond acceptors (Lipinski definition) is 4. The zero-order chi connectivity index (χ0) is 24.8. The molecule has 0 heterocycles. The van der Waals surface area contributed by atoms with E-state index in [0.717, 1.165) is 0 Å².